The second-order valence-electron chi connectivity index (χ2n) is 6.59. The number of halogens is 1. The SMILES string of the molecule is CCC(C)(C)C1CCc2c(sc(NC(=O)CCCl)c2C#N)C1. The van der Waals surface area contributed by atoms with Crippen molar-refractivity contribution in [2.45, 2.75) is 52.9 Å². The van der Waals surface area contributed by atoms with Crippen LogP contribution in [0.15, 0.2) is 0 Å². The third-order valence-electron chi connectivity index (χ3n) is 4.97. The van der Waals surface area contributed by atoms with Crippen LogP contribution in [0.3, 0.4) is 0 Å². The number of amides is 1. The molecule has 1 aromatic rings. The van der Waals surface area contributed by atoms with Gasteiger partial charge in [0, 0.05) is 17.2 Å². The first-order valence-electron chi connectivity index (χ1n) is 7.83. The zero-order chi connectivity index (χ0) is 16.3. The molecule has 0 spiro atoms. The molecule has 1 aromatic heterocycles. The van der Waals surface area contributed by atoms with Gasteiger partial charge in [0.2, 0.25) is 5.91 Å². The highest BCUT2D eigenvalue weighted by molar-refractivity contribution is 7.16. The number of carbonyl (C=O) groups excluding carboxylic acids is 1. The Morgan fingerprint density at radius 2 is 2.27 bits per heavy atom. The smallest absolute Gasteiger partial charge is 0.226 e. The third-order valence-corrected chi connectivity index (χ3v) is 6.33. The van der Waals surface area contributed by atoms with E-state index in [1.807, 2.05) is 0 Å². The molecule has 0 aliphatic heterocycles. The molecule has 0 saturated carbocycles. The first-order chi connectivity index (χ1) is 10.4. The van der Waals surface area contributed by atoms with E-state index < -0.39 is 0 Å². The number of carbonyl (C=O) groups is 1. The van der Waals surface area contributed by atoms with Crippen molar-refractivity contribution in [3.63, 3.8) is 0 Å². The second kappa shape index (κ2) is 7.02. The Hall–Kier alpha value is -1.05. The van der Waals surface area contributed by atoms with Gasteiger partial charge in [-0.25, -0.2) is 0 Å². The molecule has 1 amide bonds. The van der Waals surface area contributed by atoms with Crippen molar-refractivity contribution >= 4 is 33.8 Å². The number of nitrogens with one attached hydrogen (secondary N) is 1. The maximum Gasteiger partial charge on any atom is 0.226 e. The summed E-state index contributed by atoms with van der Waals surface area (Å²) in [5.74, 6) is 0.822. The van der Waals surface area contributed by atoms with E-state index in [1.165, 1.54) is 4.88 Å². The van der Waals surface area contributed by atoms with E-state index >= 15 is 0 Å². The van der Waals surface area contributed by atoms with Crippen molar-refractivity contribution in [2.24, 2.45) is 11.3 Å². The van der Waals surface area contributed by atoms with Gasteiger partial charge in [-0.05, 0) is 36.2 Å². The van der Waals surface area contributed by atoms with Gasteiger partial charge in [0.15, 0.2) is 0 Å². The molecule has 0 radical (unpaired) electrons. The Morgan fingerprint density at radius 3 is 2.86 bits per heavy atom. The first kappa shape index (κ1) is 17.3. The molecule has 2 rings (SSSR count). The van der Waals surface area contributed by atoms with Crippen LogP contribution >= 0.6 is 22.9 Å². The Morgan fingerprint density at radius 1 is 1.55 bits per heavy atom. The lowest BCUT2D eigenvalue weighted by molar-refractivity contribution is -0.115. The van der Waals surface area contributed by atoms with E-state index in [4.69, 9.17) is 11.6 Å². The number of anilines is 1. The van der Waals surface area contributed by atoms with Crippen LogP contribution in [0.5, 0.6) is 0 Å². The molecule has 1 aliphatic rings. The largest absolute Gasteiger partial charge is 0.317 e. The molecule has 0 bridgehead atoms. The van der Waals surface area contributed by atoms with Gasteiger partial charge >= 0.3 is 0 Å². The molecular formula is C17H23ClN2OS. The van der Waals surface area contributed by atoms with E-state index in [0.717, 1.165) is 31.2 Å². The molecule has 3 nitrogen and oxygen atoms in total. The Bertz CT molecular complexity index is 601. The van der Waals surface area contributed by atoms with Crippen molar-refractivity contribution in [1.82, 2.24) is 0 Å². The van der Waals surface area contributed by atoms with Crippen molar-refractivity contribution in [2.75, 3.05) is 11.2 Å². The first-order valence-corrected chi connectivity index (χ1v) is 9.18. The number of fused-ring (bicyclic) bond motifs is 1. The number of rotatable bonds is 5. The topological polar surface area (TPSA) is 52.9 Å². The fourth-order valence-electron chi connectivity index (χ4n) is 3.02. The number of hydrogen-bond acceptors (Lipinski definition) is 3. The summed E-state index contributed by atoms with van der Waals surface area (Å²) in [5.41, 5.74) is 2.13. The third kappa shape index (κ3) is 3.47. The lowest BCUT2D eigenvalue weighted by Crippen LogP contribution is -2.28. The summed E-state index contributed by atoms with van der Waals surface area (Å²) in [5, 5.41) is 13.0. The quantitative estimate of drug-likeness (QED) is 0.789. The summed E-state index contributed by atoms with van der Waals surface area (Å²) in [4.78, 5) is 13.0. The Kier molecular flexibility index (Phi) is 5.52. The van der Waals surface area contributed by atoms with Gasteiger partial charge in [-0.15, -0.1) is 22.9 Å². The minimum atomic E-state index is -0.115. The molecule has 0 aromatic carbocycles. The minimum absolute atomic E-state index is 0.115. The van der Waals surface area contributed by atoms with Crippen molar-refractivity contribution in [3.8, 4) is 6.07 Å². The number of thiophene rings is 1. The fraction of sp³-hybridized carbons (Fsp3) is 0.647. The molecular weight excluding hydrogens is 316 g/mol. The van der Waals surface area contributed by atoms with Gasteiger partial charge in [0.05, 0.1) is 5.56 Å². The van der Waals surface area contributed by atoms with Crippen LogP contribution in [-0.4, -0.2) is 11.8 Å². The van der Waals surface area contributed by atoms with Gasteiger partial charge in [-0.1, -0.05) is 27.2 Å². The minimum Gasteiger partial charge on any atom is -0.317 e. The highest BCUT2D eigenvalue weighted by Gasteiger charge is 2.33. The van der Waals surface area contributed by atoms with Crippen molar-refractivity contribution in [3.05, 3.63) is 16.0 Å². The molecule has 22 heavy (non-hydrogen) atoms. The molecule has 0 saturated heterocycles. The van der Waals surface area contributed by atoms with Crippen LogP contribution in [-0.2, 0) is 17.6 Å². The zero-order valence-corrected chi connectivity index (χ0v) is 15.0. The van der Waals surface area contributed by atoms with Gasteiger partial charge < -0.3 is 5.32 Å². The van der Waals surface area contributed by atoms with Crippen molar-refractivity contribution in [1.29, 1.82) is 5.26 Å². The maximum atomic E-state index is 11.8. The Labute approximate surface area is 141 Å². The summed E-state index contributed by atoms with van der Waals surface area (Å²) in [6.45, 7) is 6.89. The summed E-state index contributed by atoms with van der Waals surface area (Å²) in [6, 6.07) is 2.28. The van der Waals surface area contributed by atoms with E-state index in [-0.39, 0.29) is 12.3 Å². The standard InChI is InChI=1S/C17H23ClN2OS/c1-4-17(2,3)11-5-6-12-13(10-19)16(22-14(12)9-11)20-15(21)7-8-18/h11H,4-9H2,1-3H3,(H,20,21). The monoisotopic (exact) mass is 338 g/mol. The van der Waals surface area contributed by atoms with E-state index in [1.54, 1.807) is 11.3 Å². The predicted molar refractivity (Wildman–Crippen MR) is 92.6 cm³/mol. The average Bonchev–Trinajstić information content (AvgIpc) is 2.83. The molecule has 1 N–H and O–H groups in total. The van der Waals surface area contributed by atoms with Crippen molar-refractivity contribution < 1.29 is 4.79 Å². The van der Waals surface area contributed by atoms with E-state index in [9.17, 15) is 10.1 Å². The lowest BCUT2D eigenvalue weighted by Gasteiger charge is -2.36. The van der Waals surface area contributed by atoms with Crippen LogP contribution in [0.2, 0.25) is 0 Å². The fourth-order valence-corrected chi connectivity index (χ4v) is 4.49. The highest BCUT2D eigenvalue weighted by atomic mass is 35.5. The summed E-state index contributed by atoms with van der Waals surface area (Å²) >= 11 is 7.17. The normalized spacial score (nSPS) is 17.7. The van der Waals surface area contributed by atoms with Crippen LogP contribution in [0.4, 0.5) is 5.00 Å². The molecule has 5 heteroatoms. The summed E-state index contributed by atoms with van der Waals surface area (Å²) in [7, 11) is 0. The Balaban J connectivity index is 2.25. The predicted octanol–water partition coefficient (Wildman–Crippen LogP) is 4.73. The van der Waals surface area contributed by atoms with Crippen LogP contribution in [0.1, 0.15) is 56.0 Å². The lowest BCUT2D eigenvalue weighted by atomic mass is 9.69. The number of hydrogen-bond donors (Lipinski definition) is 1. The van der Waals surface area contributed by atoms with Gasteiger partial charge in [0.1, 0.15) is 11.1 Å². The molecule has 0 fully saturated rings. The summed E-state index contributed by atoms with van der Waals surface area (Å²) < 4.78 is 0. The maximum absolute atomic E-state index is 11.8. The van der Waals surface area contributed by atoms with Gasteiger partial charge in [0.25, 0.3) is 0 Å². The number of nitriles is 1. The van der Waals surface area contributed by atoms with Crippen LogP contribution in [0.25, 0.3) is 0 Å². The molecule has 120 valence electrons. The number of alkyl halides is 1. The van der Waals surface area contributed by atoms with E-state index in [0.29, 0.717) is 27.8 Å². The van der Waals surface area contributed by atoms with Crippen LogP contribution in [0, 0.1) is 22.7 Å². The number of nitrogens with zero attached hydrogens (tertiary/aromatic N) is 1. The van der Waals surface area contributed by atoms with E-state index in [2.05, 4.69) is 32.2 Å². The molecule has 1 atom stereocenters. The summed E-state index contributed by atoms with van der Waals surface area (Å²) in [6.07, 6.45) is 4.51. The molecule has 1 heterocycles. The highest BCUT2D eigenvalue weighted by Crippen LogP contribution is 2.45. The van der Waals surface area contributed by atoms with Crippen LogP contribution < -0.4 is 5.32 Å². The zero-order valence-electron chi connectivity index (χ0n) is 13.5. The molecule has 1 aliphatic carbocycles. The molecule has 1 unspecified atom stereocenters. The van der Waals surface area contributed by atoms with Gasteiger partial charge in [-0.2, -0.15) is 5.26 Å². The van der Waals surface area contributed by atoms with Gasteiger partial charge in [-0.3, -0.25) is 4.79 Å². The second-order valence-corrected chi connectivity index (χ2v) is 8.07. The average molecular weight is 339 g/mol.